The van der Waals surface area contributed by atoms with Crippen LogP contribution in [0.5, 0.6) is 0 Å². The predicted octanol–water partition coefficient (Wildman–Crippen LogP) is -0.775. The van der Waals surface area contributed by atoms with Gasteiger partial charge in [-0.2, -0.15) is 4.68 Å². The van der Waals surface area contributed by atoms with E-state index < -0.39 is 17.7 Å². The first kappa shape index (κ1) is 20.7. The van der Waals surface area contributed by atoms with E-state index in [1.54, 1.807) is 23.2 Å². The van der Waals surface area contributed by atoms with Gasteiger partial charge in [0, 0.05) is 44.0 Å². The summed E-state index contributed by atoms with van der Waals surface area (Å²) in [5.41, 5.74) is 0.399. The van der Waals surface area contributed by atoms with Crippen molar-refractivity contribution in [2.75, 3.05) is 39.4 Å². The Balaban J connectivity index is 1.19. The number of amides is 1. The number of aromatic nitrogens is 5. The number of hydrogen-bond acceptors (Lipinski definition) is 10. The summed E-state index contributed by atoms with van der Waals surface area (Å²) in [4.78, 5) is 32.6. The number of hydrogen-bond donors (Lipinski definition) is 1. The lowest BCUT2D eigenvalue weighted by molar-refractivity contribution is -0.177. The van der Waals surface area contributed by atoms with E-state index in [0.717, 1.165) is 0 Å². The number of cyclic esters (lactones) is 1. The third-order valence-electron chi connectivity index (χ3n) is 6.16. The molecule has 0 radical (unpaired) electrons. The van der Waals surface area contributed by atoms with E-state index in [1.165, 1.54) is 17.1 Å². The number of tetrazole rings is 1. The van der Waals surface area contributed by atoms with Crippen LogP contribution in [0, 0.1) is 0 Å². The summed E-state index contributed by atoms with van der Waals surface area (Å²) in [5, 5.41) is 21.6. The van der Waals surface area contributed by atoms with Gasteiger partial charge in [0.2, 0.25) is 0 Å². The van der Waals surface area contributed by atoms with E-state index in [9.17, 15) is 14.7 Å². The van der Waals surface area contributed by atoms with Crippen LogP contribution in [-0.4, -0.2) is 97.0 Å². The van der Waals surface area contributed by atoms with Crippen LogP contribution in [0.15, 0.2) is 36.4 Å². The molecule has 2 aromatic heterocycles. The molecule has 5 heterocycles. The highest BCUT2D eigenvalue weighted by molar-refractivity contribution is 5.91. The molecule has 0 unspecified atom stereocenters. The zero-order chi connectivity index (χ0) is 22.1. The Kier molecular flexibility index (Phi) is 5.41. The molecule has 1 atom stereocenters. The van der Waals surface area contributed by atoms with Gasteiger partial charge in [0.25, 0.3) is 5.91 Å². The molecule has 0 bridgehead atoms. The van der Waals surface area contributed by atoms with Gasteiger partial charge >= 0.3 is 5.97 Å². The molecule has 168 valence electrons. The Bertz CT molecular complexity index is 1020. The summed E-state index contributed by atoms with van der Waals surface area (Å²) in [7, 11) is 0. The number of nitrogens with zero attached hydrogens (tertiary/aromatic N) is 7. The molecule has 0 saturated carbocycles. The smallest absolute Gasteiger partial charge is 0.333 e. The van der Waals surface area contributed by atoms with Gasteiger partial charge in [-0.05, 0) is 29.3 Å². The molecule has 3 aliphatic rings. The number of pyridine rings is 1. The van der Waals surface area contributed by atoms with Gasteiger partial charge in [0.05, 0.1) is 18.4 Å². The van der Waals surface area contributed by atoms with Crippen LogP contribution in [0.4, 0.5) is 0 Å². The first-order valence-corrected chi connectivity index (χ1v) is 10.5. The number of ether oxygens (including phenoxy) is 2. The van der Waals surface area contributed by atoms with Crippen molar-refractivity contribution >= 4 is 11.9 Å². The van der Waals surface area contributed by atoms with Crippen molar-refractivity contribution < 1.29 is 24.2 Å². The van der Waals surface area contributed by atoms with Gasteiger partial charge < -0.3 is 24.4 Å². The summed E-state index contributed by atoms with van der Waals surface area (Å²) in [6.45, 7) is 2.60. The Labute approximate surface area is 183 Å². The number of morpholine rings is 1. The lowest BCUT2D eigenvalue weighted by Crippen LogP contribution is -2.60. The largest absolute Gasteiger partial charge is 0.456 e. The van der Waals surface area contributed by atoms with Gasteiger partial charge in [-0.1, -0.05) is 6.07 Å². The van der Waals surface area contributed by atoms with Gasteiger partial charge in [-0.3, -0.25) is 4.79 Å². The van der Waals surface area contributed by atoms with E-state index in [4.69, 9.17) is 9.47 Å². The first-order chi connectivity index (χ1) is 15.5. The number of aliphatic hydroxyl groups excluding tert-OH is 1. The number of likely N-dealkylation sites (tertiary alicyclic amines) is 1. The van der Waals surface area contributed by atoms with E-state index in [1.807, 2.05) is 0 Å². The second-order valence-electron chi connectivity index (χ2n) is 8.06. The fraction of sp³-hybridized carbons (Fsp3) is 0.500. The molecule has 1 spiro atoms. The fourth-order valence-corrected chi connectivity index (χ4v) is 4.34. The van der Waals surface area contributed by atoms with Crippen LogP contribution in [0.3, 0.4) is 0 Å². The maximum atomic E-state index is 13.2. The standard InChI is InChI=1S/C20H23N7O5/c28-16(14-1-2-17(21-10-14)27-13-22-23-24-27)11-25-5-3-20(4-6-25)19(30)26(7-8-32-20)15-9-18(29)31-12-15/h1-2,9-10,13,16,28H,3-8,11-12H2/t16-/m0/s1. The lowest BCUT2D eigenvalue weighted by Gasteiger charge is -2.46. The minimum Gasteiger partial charge on any atom is -0.456 e. The summed E-state index contributed by atoms with van der Waals surface area (Å²) in [5.74, 6) is 0.0290. The summed E-state index contributed by atoms with van der Waals surface area (Å²) in [6.07, 6.45) is 4.76. The van der Waals surface area contributed by atoms with E-state index in [0.29, 0.717) is 62.7 Å². The van der Waals surface area contributed by atoms with Crippen LogP contribution in [-0.2, 0) is 19.1 Å². The highest BCUT2D eigenvalue weighted by Crippen LogP contribution is 2.34. The van der Waals surface area contributed by atoms with Crippen molar-refractivity contribution in [1.29, 1.82) is 0 Å². The molecule has 32 heavy (non-hydrogen) atoms. The molecule has 0 aliphatic carbocycles. The maximum absolute atomic E-state index is 13.2. The predicted molar refractivity (Wildman–Crippen MR) is 107 cm³/mol. The van der Waals surface area contributed by atoms with Crippen molar-refractivity contribution in [2.24, 2.45) is 0 Å². The van der Waals surface area contributed by atoms with E-state index >= 15 is 0 Å². The highest BCUT2D eigenvalue weighted by Gasteiger charge is 2.48. The number of carbonyl (C=O) groups excluding carboxylic acids is 2. The second-order valence-corrected chi connectivity index (χ2v) is 8.06. The quantitative estimate of drug-likeness (QED) is 0.589. The Morgan fingerprint density at radius 1 is 1.19 bits per heavy atom. The third kappa shape index (κ3) is 3.87. The molecular weight excluding hydrogens is 418 g/mol. The molecule has 5 rings (SSSR count). The maximum Gasteiger partial charge on any atom is 0.333 e. The topological polar surface area (TPSA) is 136 Å². The third-order valence-corrected chi connectivity index (χ3v) is 6.16. The van der Waals surface area contributed by atoms with Gasteiger partial charge in [-0.25, -0.2) is 9.78 Å². The molecular formula is C20H23N7O5. The molecule has 3 aliphatic heterocycles. The number of carbonyl (C=O) groups is 2. The Morgan fingerprint density at radius 2 is 2.03 bits per heavy atom. The second kappa shape index (κ2) is 8.37. The fourth-order valence-electron chi connectivity index (χ4n) is 4.34. The number of esters is 1. The zero-order valence-corrected chi connectivity index (χ0v) is 17.3. The Hall–Kier alpha value is -3.22. The summed E-state index contributed by atoms with van der Waals surface area (Å²) >= 11 is 0. The number of piperidine rings is 1. The molecule has 1 N–H and O–H groups in total. The van der Waals surface area contributed by atoms with Gasteiger partial charge in [-0.15, -0.1) is 5.10 Å². The van der Waals surface area contributed by atoms with Crippen LogP contribution >= 0.6 is 0 Å². The minimum atomic E-state index is -0.888. The van der Waals surface area contributed by atoms with Crippen molar-refractivity contribution in [1.82, 2.24) is 35.0 Å². The SMILES string of the molecule is O=C1C=C(N2CCOC3(CCN(C[C@H](O)c4ccc(-n5cnnn5)nc4)CC3)C2=O)CO1. The number of aliphatic hydroxyl groups is 1. The molecule has 2 fully saturated rings. The summed E-state index contributed by atoms with van der Waals surface area (Å²) < 4.78 is 12.4. The molecule has 12 nitrogen and oxygen atoms in total. The number of rotatable bonds is 5. The molecule has 12 heteroatoms. The highest BCUT2D eigenvalue weighted by atomic mass is 16.5. The van der Waals surface area contributed by atoms with Crippen molar-refractivity contribution in [3.63, 3.8) is 0 Å². The minimum absolute atomic E-state index is 0.115. The van der Waals surface area contributed by atoms with Crippen LogP contribution in [0.25, 0.3) is 5.82 Å². The van der Waals surface area contributed by atoms with Crippen molar-refractivity contribution in [3.8, 4) is 5.82 Å². The average Bonchev–Trinajstić information content (AvgIpc) is 3.50. The normalized spacial score (nSPS) is 22.2. The Morgan fingerprint density at radius 3 is 2.69 bits per heavy atom. The monoisotopic (exact) mass is 441 g/mol. The summed E-state index contributed by atoms with van der Waals surface area (Å²) in [6, 6.07) is 3.54. The van der Waals surface area contributed by atoms with E-state index in [2.05, 4.69) is 25.4 Å². The van der Waals surface area contributed by atoms with Crippen LogP contribution in [0.1, 0.15) is 24.5 Å². The average molecular weight is 441 g/mol. The van der Waals surface area contributed by atoms with E-state index in [-0.39, 0.29) is 12.5 Å². The molecule has 1 amide bonds. The molecule has 2 saturated heterocycles. The lowest BCUT2D eigenvalue weighted by atomic mass is 9.88. The van der Waals surface area contributed by atoms with Crippen molar-refractivity contribution in [3.05, 3.63) is 42.0 Å². The van der Waals surface area contributed by atoms with Gasteiger partial charge in [0.15, 0.2) is 5.82 Å². The zero-order valence-electron chi connectivity index (χ0n) is 17.3. The molecule has 0 aromatic carbocycles. The van der Waals surface area contributed by atoms with Crippen molar-refractivity contribution in [2.45, 2.75) is 24.5 Å². The van der Waals surface area contributed by atoms with Crippen LogP contribution < -0.4 is 0 Å². The number of β-amino-alcohol motifs (C(OH)–C–C–N with tert-alkyl or cyclic N) is 1. The van der Waals surface area contributed by atoms with Crippen LogP contribution in [0.2, 0.25) is 0 Å². The first-order valence-electron chi connectivity index (χ1n) is 10.5. The molecule has 2 aromatic rings. The van der Waals surface area contributed by atoms with Gasteiger partial charge in [0.1, 0.15) is 18.5 Å².